The van der Waals surface area contributed by atoms with Crippen molar-refractivity contribution in [3.63, 3.8) is 0 Å². The normalized spacial score (nSPS) is 39.9. The fraction of sp³-hybridized carbons (Fsp3) is 0.771. The maximum atomic E-state index is 15.2. The zero-order chi connectivity index (χ0) is 39.7. The molecule has 4 saturated heterocycles. The van der Waals surface area contributed by atoms with E-state index in [-0.39, 0.29) is 4.90 Å². The standard InChI is InChI=1S/C35H47F3N2O13S/c1-15-11-13-17(14-12-15)54(43,44)39-18-19(23-27(51-32(5,6)47-23)25-21(18)46-31(3,4)49-25)40(30(42)35(36,37)38)20-22(45-16(2)41)26-29(53-34(9,10)50-26)28-24(20)48-33(7,8)52-28/h11-14,18-29,39H,1-10H3/t18-,19-,20-,21+,22-,23+,24+,25+,26+,27+,28+,29+/m1/s1. The van der Waals surface area contributed by atoms with Gasteiger partial charge in [-0.1, -0.05) is 17.7 Å². The molecule has 0 unspecified atom stereocenters. The number of benzene rings is 1. The molecule has 2 aliphatic carbocycles. The fourth-order valence-electron chi connectivity index (χ4n) is 8.82. The molecule has 54 heavy (non-hydrogen) atoms. The lowest BCUT2D eigenvalue weighted by Gasteiger charge is -2.54. The Morgan fingerprint density at radius 2 is 1.06 bits per heavy atom. The van der Waals surface area contributed by atoms with E-state index >= 15 is 13.2 Å². The highest BCUT2D eigenvalue weighted by Crippen LogP contribution is 2.52. The van der Waals surface area contributed by atoms with Crippen LogP contribution in [0.1, 0.15) is 67.9 Å². The Labute approximate surface area is 311 Å². The molecule has 0 aromatic heterocycles. The molecule has 7 rings (SSSR count). The Morgan fingerprint density at radius 3 is 1.52 bits per heavy atom. The smallest absolute Gasteiger partial charge is 0.457 e. The van der Waals surface area contributed by atoms with Gasteiger partial charge in [-0.3, -0.25) is 9.59 Å². The van der Waals surface area contributed by atoms with Crippen LogP contribution in [0.15, 0.2) is 29.2 Å². The minimum absolute atomic E-state index is 0.201. The lowest BCUT2D eigenvalue weighted by Crippen LogP contribution is -2.78. The van der Waals surface area contributed by atoms with Crippen LogP contribution in [0.3, 0.4) is 0 Å². The van der Waals surface area contributed by atoms with Gasteiger partial charge in [-0.15, -0.1) is 0 Å². The number of carbonyl (C=O) groups excluding carboxylic acids is 2. The minimum atomic E-state index is -5.57. The largest absolute Gasteiger partial charge is 0.471 e. The van der Waals surface area contributed by atoms with Gasteiger partial charge >= 0.3 is 18.1 Å². The molecule has 4 heterocycles. The van der Waals surface area contributed by atoms with Gasteiger partial charge in [0, 0.05) is 6.92 Å². The average molecular weight is 793 g/mol. The number of esters is 1. The van der Waals surface area contributed by atoms with E-state index in [0.717, 1.165) is 12.5 Å². The number of sulfonamides is 1. The monoisotopic (exact) mass is 792 g/mol. The zero-order valence-electron chi connectivity index (χ0n) is 31.5. The molecular formula is C35H47F3N2O13S. The highest BCUT2D eigenvalue weighted by Gasteiger charge is 2.72. The van der Waals surface area contributed by atoms with Crippen molar-refractivity contribution in [1.82, 2.24) is 9.62 Å². The first-order valence-electron chi connectivity index (χ1n) is 17.8. The van der Waals surface area contributed by atoms with Crippen molar-refractivity contribution in [3.05, 3.63) is 29.8 Å². The number of hydrogen-bond donors (Lipinski definition) is 1. The van der Waals surface area contributed by atoms with Crippen molar-refractivity contribution in [1.29, 1.82) is 0 Å². The number of fused-ring (bicyclic) bond motifs is 6. The van der Waals surface area contributed by atoms with Crippen molar-refractivity contribution in [2.24, 2.45) is 0 Å². The van der Waals surface area contributed by atoms with Gasteiger partial charge in [0.05, 0.1) is 17.0 Å². The molecule has 0 bridgehead atoms. The number of carbonyl (C=O) groups is 2. The van der Waals surface area contributed by atoms with Crippen LogP contribution >= 0.6 is 0 Å². The van der Waals surface area contributed by atoms with Gasteiger partial charge in [-0.05, 0) is 74.4 Å². The summed E-state index contributed by atoms with van der Waals surface area (Å²) >= 11 is 0. The van der Waals surface area contributed by atoms with E-state index in [0.29, 0.717) is 4.90 Å². The molecular weight excluding hydrogens is 745 g/mol. The SMILES string of the molecule is CC(=O)O[C@H]1[C@@H]2OC(C)(C)O[C@@H]2[C@H]2OC(C)(C)O[C@H]2[C@@H]1N(C(=O)C(F)(F)F)[C@@H]1[C@@H](NS(=O)(=O)c2ccc(C)cc2)[C@@H]2OC(C)(C)O[C@@H]2[C@H]2OC(C)(C)O[C@H]21. The Kier molecular flexibility index (Phi) is 9.41. The quantitative estimate of drug-likeness (QED) is 0.419. The molecule has 302 valence electrons. The van der Waals surface area contributed by atoms with E-state index in [1.165, 1.54) is 39.8 Å². The molecule has 1 amide bonds. The molecule has 15 nitrogen and oxygen atoms in total. The summed E-state index contributed by atoms with van der Waals surface area (Å²) < 4.78 is 133. The third-order valence-electron chi connectivity index (χ3n) is 10.4. The second kappa shape index (κ2) is 12.8. The van der Waals surface area contributed by atoms with Gasteiger partial charge in [0.1, 0.15) is 54.9 Å². The van der Waals surface area contributed by atoms with Gasteiger partial charge < -0.3 is 47.5 Å². The number of nitrogens with one attached hydrogen (secondary N) is 1. The van der Waals surface area contributed by atoms with Gasteiger partial charge in [-0.2, -0.15) is 13.2 Å². The number of nitrogens with zero attached hydrogens (tertiary/aromatic N) is 1. The molecule has 6 aliphatic rings. The van der Waals surface area contributed by atoms with Crippen LogP contribution in [0.25, 0.3) is 0 Å². The Balaban J connectivity index is 1.46. The number of aryl methyl sites for hydroxylation is 1. The molecule has 1 N–H and O–H groups in total. The summed E-state index contributed by atoms with van der Waals surface area (Å²) in [5.41, 5.74) is 0.757. The summed E-state index contributed by atoms with van der Waals surface area (Å²) in [4.78, 5) is 27.4. The van der Waals surface area contributed by atoms with Crippen LogP contribution in [0.5, 0.6) is 0 Å². The second-order valence-electron chi connectivity index (χ2n) is 16.5. The van der Waals surface area contributed by atoms with Crippen molar-refractivity contribution >= 4 is 21.9 Å². The molecule has 0 spiro atoms. The van der Waals surface area contributed by atoms with Gasteiger partial charge in [0.25, 0.3) is 0 Å². The van der Waals surface area contributed by atoms with Crippen molar-refractivity contribution in [3.8, 4) is 0 Å². The van der Waals surface area contributed by atoms with Gasteiger partial charge in [0.15, 0.2) is 29.3 Å². The predicted molar refractivity (Wildman–Crippen MR) is 177 cm³/mol. The van der Waals surface area contributed by atoms with Crippen molar-refractivity contribution < 1.29 is 73.8 Å². The first-order valence-corrected chi connectivity index (χ1v) is 19.3. The lowest BCUT2D eigenvalue weighted by atomic mass is 9.76. The number of rotatable bonds is 6. The number of ether oxygens (including phenoxy) is 9. The molecule has 1 aromatic rings. The molecule has 12 atom stereocenters. The lowest BCUT2D eigenvalue weighted by molar-refractivity contribution is -0.223. The summed E-state index contributed by atoms with van der Waals surface area (Å²) in [6.07, 6.45) is -17.2. The molecule has 19 heteroatoms. The van der Waals surface area contributed by atoms with Crippen molar-refractivity contribution in [2.75, 3.05) is 0 Å². The topological polar surface area (TPSA) is 167 Å². The first kappa shape index (κ1) is 39.8. The zero-order valence-corrected chi connectivity index (χ0v) is 32.4. The Bertz CT molecular complexity index is 1770. The van der Waals surface area contributed by atoms with Crippen LogP contribution < -0.4 is 4.72 Å². The highest BCUT2D eigenvalue weighted by molar-refractivity contribution is 7.89. The Hall–Kier alpha value is -2.46. The van der Waals surface area contributed by atoms with Crippen LogP contribution in [-0.4, -0.2) is 128 Å². The van der Waals surface area contributed by atoms with E-state index in [2.05, 4.69) is 4.72 Å². The van der Waals surface area contributed by atoms with Gasteiger partial charge in [0.2, 0.25) is 10.0 Å². The maximum absolute atomic E-state index is 15.2. The van der Waals surface area contributed by atoms with E-state index in [4.69, 9.17) is 42.6 Å². The molecule has 1 aromatic carbocycles. The molecule has 4 aliphatic heterocycles. The minimum Gasteiger partial charge on any atom is -0.457 e. The van der Waals surface area contributed by atoms with Crippen LogP contribution in [0, 0.1) is 6.92 Å². The average Bonchev–Trinajstić information content (AvgIpc) is 3.72. The fourth-order valence-corrected chi connectivity index (χ4v) is 10.1. The third-order valence-corrected chi connectivity index (χ3v) is 11.9. The summed E-state index contributed by atoms with van der Waals surface area (Å²) in [6.45, 7) is 15.2. The summed E-state index contributed by atoms with van der Waals surface area (Å²) in [6, 6.07) is 0.429. The summed E-state index contributed by atoms with van der Waals surface area (Å²) in [5, 5.41) is 0. The number of halogens is 3. The molecule has 6 fully saturated rings. The number of amides is 1. The second-order valence-corrected chi connectivity index (χ2v) is 18.2. The predicted octanol–water partition coefficient (Wildman–Crippen LogP) is 2.81. The van der Waals surface area contributed by atoms with E-state index in [9.17, 15) is 18.0 Å². The van der Waals surface area contributed by atoms with Gasteiger partial charge in [-0.25, -0.2) is 13.1 Å². The third kappa shape index (κ3) is 7.06. The summed E-state index contributed by atoms with van der Waals surface area (Å²) in [5.74, 6) is -8.90. The van der Waals surface area contributed by atoms with Crippen LogP contribution in [0.2, 0.25) is 0 Å². The molecule has 0 radical (unpaired) electrons. The van der Waals surface area contributed by atoms with E-state index < -0.39 is 124 Å². The first-order chi connectivity index (χ1) is 24.7. The van der Waals surface area contributed by atoms with Crippen LogP contribution in [-0.2, 0) is 62.2 Å². The number of alkyl halides is 3. The summed E-state index contributed by atoms with van der Waals surface area (Å²) in [7, 11) is -4.55. The maximum Gasteiger partial charge on any atom is 0.471 e. The van der Waals surface area contributed by atoms with E-state index in [1.54, 1.807) is 46.8 Å². The Morgan fingerprint density at radius 1 is 0.667 bits per heavy atom. The van der Waals surface area contributed by atoms with Crippen molar-refractivity contribution in [2.45, 2.75) is 177 Å². The van der Waals surface area contributed by atoms with E-state index in [1.807, 2.05) is 0 Å². The van der Waals surface area contributed by atoms with Crippen LogP contribution in [0.4, 0.5) is 13.2 Å². The highest BCUT2D eigenvalue weighted by atomic mass is 32.2. The number of hydrogen-bond acceptors (Lipinski definition) is 13. The molecule has 2 saturated carbocycles.